The fourth-order valence-electron chi connectivity index (χ4n) is 4.51. The van der Waals surface area contributed by atoms with Crippen molar-refractivity contribution in [2.45, 2.75) is 63.5 Å². The van der Waals surface area contributed by atoms with Crippen LogP contribution in [0, 0.1) is 5.92 Å². The Morgan fingerprint density at radius 3 is 2.78 bits per heavy atom. The van der Waals surface area contributed by atoms with Crippen LogP contribution in [0.3, 0.4) is 0 Å². The number of hydrogen-bond donors (Lipinski definition) is 2. The van der Waals surface area contributed by atoms with Crippen molar-refractivity contribution in [3.8, 4) is 5.75 Å². The van der Waals surface area contributed by atoms with Crippen LogP contribution in [0.1, 0.15) is 56.9 Å². The van der Waals surface area contributed by atoms with E-state index in [1.54, 1.807) is 7.11 Å². The normalized spacial score (nSPS) is 24.2. The predicted octanol–water partition coefficient (Wildman–Crippen LogP) is 3.11. The number of para-hydroxylation sites is 1. The van der Waals surface area contributed by atoms with Gasteiger partial charge in [0.25, 0.3) is 5.91 Å². The van der Waals surface area contributed by atoms with E-state index in [9.17, 15) is 9.90 Å². The van der Waals surface area contributed by atoms with Crippen molar-refractivity contribution in [3.63, 3.8) is 0 Å². The molecule has 1 aromatic carbocycles. The Hall–Kier alpha value is -1.59. The van der Waals surface area contributed by atoms with E-state index in [1.807, 2.05) is 29.2 Å². The molecule has 0 bridgehead atoms. The van der Waals surface area contributed by atoms with Gasteiger partial charge in [-0.05, 0) is 31.2 Å². The number of nitrogens with one attached hydrogen (secondary N) is 1. The molecule has 1 unspecified atom stereocenters. The number of methoxy groups -OCH3 is 1. The molecule has 5 heteroatoms. The van der Waals surface area contributed by atoms with E-state index >= 15 is 0 Å². The van der Waals surface area contributed by atoms with Crippen LogP contribution in [0.4, 0.5) is 0 Å². The third kappa shape index (κ3) is 5.23. The Balaban J connectivity index is 1.50. The molecule has 1 saturated carbocycles. The summed E-state index contributed by atoms with van der Waals surface area (Å²) in [5.74, 6) is 1.48. The molecular formula is C22H34N2O3. The van der Waals surface area contributed by atoms with Crippen molar-refractivity contribution in [3.05, 3.63) is 29.8 Å². The van der Waals surface area contributed by atoms with E-state index in [0.717, 1.165) is 43.2 Å². The summed E-state index contributed by atoms with van der Waals surface area (Å²) in [5.41, 5.74) is -0.256. The van der Waals surface area contributed by atoms with Gasteiger partial charge in [0.1, 0.15) is 5.75 Å². The van der Waals surface area contributed by atoms with Gasteiger partial charge in [0, 0.05) is 31.7 Å². The Morgan fingerprint density at radius 1 is 1.22 bits per heavy atom. The number of hydrogen-bond acceptors (Lipinski definition) is 4. The topological polar surface area (TPSA) is 61.8 Å². The molecule has 0 radical (unpaired) electrons. The molecule has 150 valence electrons. The second-order valence-corrected chi connectivity index (χ2v) is 8.14. The first-order chi connectivity index (χ1) is 13.1. The van der Waals surface area contributed by atoms with Crippen LogP contribution in [0.15, 0.2) is 24.3 Å². The number of piperidine rings is 1. The zero-order valence-electron chi connectivity index (χ0n) is 16.6. The lowest BCUT2D eigenvalue weighted by molar-refractivity contribution is -0.156. The van der Waals surface area contributed by atoms with Gasteiger partial charge in [-0.2, -0.15) is 0 Å². The molecule has 2 N–H and O–H groups in total. The van der Waals surface area contributed by atoms with Crippen LogP contribution in [0.2, 0.25) is 0 Å². The molecule has 1 saturated heterocycles. The monoisotopic (exact) mass is 374 g/mol. The summed E-state index contributed by atoms with van der Waals surface area (Å²) < 4.78 is 5.36. The predicted molar refractivity (Wildman–Crippen MR) is 107 cm³/mol. The summed E-state index contributed by atoms with van der Waals surface area (Å²) >= 11 is 0. The Labute approximate surface area is 163 Å². The van der Waals surface area contributed by atoms with Gasteiger partial charge in [0.15, 0.2) is 5.60 Å². The van der Waals surface area contributed by atoms with Gasteiger partial charge in [-0.3, -0.25) is 4.79 Å². The molecule has 2 fully saturated rings. The van der Waals surface area contributed by atoms with Crippen LogP contribution in [0.5, 0.6) is 5.75 Å². The maximum atomic E-state index is 12.9. The summed E-state index contributed by atoms with van der Waals surface area (Å²) in [6, 6.07) is 7.82. The minimum Gasteiger partial charge on any atom is -0.496 e. The van der Waals surface area contributed by atoms with Crippen LogP contribution in [-0.2, 0) is 11.3 Å². The Morgan fingerprint density at radius 2 is 2.00 bits per heavy atom. The number of amides is 1. The summed E-state index contributed by atoms with van der Waals surface area (Å²) in [4.78, 5) is 14.8. The quantitative estimate of drug-likeness (QED) is 0.734. The zero-order chi connectivity index (χ0) is 19.1. The second-order valence-electron chi connectivity index (χ2n) is 8.14. The van der Waals surface area contributed by atoms with Crippen LogP contribution in [-0.4, -0.2) is 48.3 Å². The van der Waals surface area contributed by atoms with Crippen molar-refractivity contribution in [1.29, 1.82) is 0 Å². The van der Waals surface area contributed by atoms with E-state index in [1.165, 1.54) is 32.1 Å². The van der Waals surface area contributed by atoms with Crippen molar-refractivity contribution < 1.29 is 14.6 Å². The van der Waals surface area contributed by atoms with Crippen molar-refractivity contribution in [2.24, 2.45) is 5.92 Å². The first-order valence-corrected chi connectivity index (χ1v) is 10.5. The summed E-state index contributed by atoms with van der Waals surface area (Å²) in [7, 11) is 1.65. The SMILES string of the molecule is COc1ccccc1CNCC1(O)CCCN(CCC2CCCCC2)C1=O. The fraction of sp³-hybridized carbons (Fsp3) is 0.682. The van der Waals surface area contributed by atoms with E-state index in [4.69, 9.17) is 4.74 Å². The molecule has 1 amide bonds. The average molecular weight is 375 g/mol. The maximum Gasteiger partial charge on any atom is 0.255 e. The van der Waals surface area contributed by atoms with E-state index < -0.39 is 5.60 Å². The molecule has 0 spiro atoms. The highest BCUT2D eigenvalue weighted by molar-refractivity contribution is 5.86. The van der Waals surface area contributed by atoms with Crippen LogP contribution in [0.25, 0.3) is 0 Å². The highest BCUT2D eigenvalue weighted by Gasteiger charge is 2.41. The molecule has 27 heavy (non-hydrogen) atoms. The number of nitrogens with zero attached hydrogens (tertiary/aromatic N) is 1. The second kappa shape index (κ2) is 9.56. The molecule has 3 rings (SSSR count). The number of benzene rings is 1. The van der Waals surface area contributed by atoms with Gasteiger partial charge >= 0.3 is 0 Å². The molecule has 1 atom stereocenters. The largest absolute Gasteiger partial charge is 0.496 e. The molecule has 0 aromatic heterocycles. The van der Waals surface area contributed by atoms with Gasteiger partial charge in [0.05, 0.1) is 7.11 Å². The molecule has 1 aliphatic carbocycles. The van der Waals surface area contributed by atoms with Crippen LogP contribution >= 0.6 is 0 Å². The first-order valence-electron chi connectivity index (χ1n) is 10.5. The van der Waals surface area contributed by atoms with E-state index in [0.29, 0.717) is 13.0 Å². The number of likely N-dealkylation sites (tertiary alicyclic amines) is 1. The van der Waals surface area contributed by atoms with Crippen molar-refractivity contribution >= 4 is 5.91 Å². The number of carbonyl (C=O) groups excluding carboxylic acids is 1. The molecule has 1 aliphatic heterocycles. The zero-order valence-corrected chi connectivity index (χ0v) is 16.6. The smallest absolute Gasteiger partial charge is 0.255 e. The third-order valence-corrected chi connectivity index (χ3v) is 6.16. The Bertz CT molecular complexity index is 615. The number of carbonyl (C=O) groups is 1. The highest BCUT2D eigenvalue weighted by atomic mass is 16.5. The summed E-state index contributed by atoms with van der Waals surface area (Å²) in [5, 5.41) is 14.2. The Kier molecular flexibility index (Phi) is 7.13. The third-order valence-electron chi connectivity index (χ3n) is 6.16. The summed E-state index contributed by atoms with van der Waals surface area (Å²) in [6.07, 6.45) is 9.09. The average Bonchev–Trinajstić information content (AvgIpc) is 2.70. The van der Waals surface area contributed by atoms with E-state index in [-0.39, 0.29) is 12.5 Å². The highest BCUT2D eigenvalue weighted by Crippen LogP contribution is 2.28. The lowest BCUT2D eigenvalue weighted by Crippen LogP contribution is -2.58. The van der Waals surface area contributed by atoms with Crippen molar-refractivity contribution in [1.82, 2.24) is 10.2 Å². The summed E-state index contributed by atoms with van der Waals surface area (Å²) in [6.45, 7) is 2.42. The van der Waals surface area contributed by atoms with Gasteiger partial charge < -0.3 is 20.1 Å². The lowest BCUT2D eigenvalue weighted by Gasteiger charge is -2.39. The van der Waals surface area contributed by atoms with Gasteiger partial charge in [-0.1, -0.05) is 50.3 Å². The minimum atomic E-state index is -1.28. The fourth-order valence-corrected chi connectivity index (χ4v) is 4.51. The first kappa shape index (κ1) is 20.2. The van der Waals surface area contributed by atoms with Crippen LogP contribution < -0.4 is 10.1 Å². The molecule has 5 nitrogen and oxygen atoms in total. The number of ether oxygens (including phenoxy) is 1. The lowest BCUT2D eigenvalue weighted by atomic mass is 9.86. The van der Waals surface area contributed by atoms with Gasteiger partial charge in [-0.25, -0.2) is 0 Å². The molecule has 1 heterocycles. The maximum absolute atomic E-state index is 12.9. The van der Waals surface area contributed by atoms with Gasteiger partial charge in [0.2, 0.25) is 0 Å². The number of aliphatic hydroxyl groups is 1. The standard InChI is InChI=1S/C22H34N2O3/c1-27-20-11-6-5-10-19(20)16-23-17-22(26)13-7-14-24(21(22)25)15-12-18-8-3-2-4-9-18/h5-6,10-11,18,23,26H,2-4,7-9,12-17H2,1H3. The van der Waals surface area contributed by atoms with Crippen molar-refractivity contribution in [2.75, 3.05) is 26.7 Å². The molecule has 2 aliphatic rings. The molecular weight excluding hydrogens is 340 g/mol. The number of rotatable bonds is 8. The minimum absolute atomic E-state index is 0.0999. The van der Waals surface area contributed by atoms with E-state index in [2.05, 4.69) is 5.32 Å². The van der Waals surface area contributed by atoms with Gasteiger partial charge in [-0.15, -0.1) is 0 Å². The molecule has 1 aromatic rings.